The van der Waals surface area contributed by atoms with Gasteiger partial charge in [0.15, 0.2) is 0 Å². The van der Waals surface area contributed by atoms with Gasteiger partial charge in [-0.05, 0) is 42.3 Å². The molecule has 0 saturated carbocycles. The third-order valence-electron chi connectivity index (χ3n) is 2.86. The Hall–Kier alpha value is -0.640. The van der Waals surface area contributed by atoms with Crippen molar-refractivity contribution in [3.63, 3.8) is 0 Å². The molecule has 3 heteroatoms. The van der Waals surface area contributed by atoms with E-state index in [1.54, 1.807) is 22.7 Å². The first-order chi connectivity index (χ1) is 7.34. The number of hydrogen-bond donors (Lipinski definition) is 1. The van der Waals surface area contributed by atoms with E-state index in [0.29, 0.717) is 0 Å². The van der Waals surface area contributed by atoms with Crippen LogP contribution in [-0.2, 0) is 0 Å². The molecule has 3 rings (SSSR count). The van der Waals surface area contributed by atoms with Gasteiger partial charge in [-0.2, -0.15) is 0 Å². The first-order valence-corrected chi connectivity index (χ1v) is 6.88. The molecule has 0 aliphatic heterocycles. The number of hydrogen-bond acceptors (Lipinski definition) is 3. The molecular formula is C12H12OS2. The Balaban J connectivity index is 1.96. The van der Waals surface area contributed by atoms with Gasteiger partial charge in [0.05, 0.1) is 0 Å². The summed E-state index contributed by atoms with van der Waals surface area (Å²) in [4.78, 5) is 1.10. The van der Waals surface area contributed by atoms with E-state index in [-0.39, 0.29) is 6.10 Å². The van der Waals surface area contributed by atoms with Gasteiger partial charge in [0.25, 0.3) is 0 Å². The fourth-order valence-electron chi connectivity index (χ4n) is 2.05. The van der Waals surface area contributed by atoms with Crippen molar-refractivity contribution in [3.05, 3.63) is 34.0 Å². The minimum absolute atomic E-state index is 0.350. The summed E-state index contributed by atoms with van der Waals surface area (Å²) in [5, 5.41) is 12.3. The van der Waals surface area contributed by atoms with Crippen LogP contribution in [0.15, 0.2) is 29.2 Å². The summed E-state index contributed by atoms with van der Waals surface area (Å²) < 4.78 is 2.60. The first kappa shape index (κ1) is 9.58. The van der Waals surface area contributed by atoms with Gasteiger partial charge >= 0.3 is 0 Å². The lowest BCUT2D eigenvalue weighted by atomic mass is 10.1. The molecule has 2 aromatic heterocycles. The van der Waals surface area contributed by atoms with Crippen LogP contribution in [0.25, 0.3) is 9.40 Å². The topological polar surface area (TPSA) is 20.2 Å². The quantitative estimate of drug-likeness (QED) is 0.778. The second-order valence-electron chi connectivity index (χ2n) is 3.87. The zero-order valence-electron chi connectivity index (χ0n) is 8.27. The van der Waals surface area contributed by atoms with E-state index in [0.717, 1.165) is 17.7 Å². The number of rotatable bonds is 2. The van der Waals surface area contributed by atoms with Crippen molar-refractivity contribution >= 4 is 32.1 Å². The largest absolute Gasteiger partial charge is 0.383 e. The highest BCUT2D eigenvalue weighted by atomic mass is 32.1. The van der Waals surface area contributed by atoms with Gasteiger partial charge in [0.1, 0.15) is 6.10 Å². The molecule has 2 heterocycles. The van der Waals surface area contributed by atoms with Crippen molar-refractivity contribution in [1.82, 2.24) is 0 Å². The van der Waals surface area contributed by atoms with Gasteiger partial charge in [-0.3, -0.25) is 0 Å². The van der Waals surface area contributed by atoms with Crippen LogP contribution in [0.1, 0.15) is 30.2 Å². The predicted octanol–water partition coefficient (Wildman–Crippen LogP) is 4.11. The lowest BCUT2D eigenvalue weighted by Crippen LogP contribution is -1.96. The molecule has 0 bridgehead atoms. The summed E-state index contributed by atoms with van der Waals surface area (Å²) in [7, 11) is 0. The van der Waals surface area contributed by atoms with Crippen LogP contribution in [0.2, 0.25) is 0 Å². The molecule has 0 saturated heterocycles. The van der Waals surface area contributed by atoms with Crippen molar-refractivity contribution in [1.29, 1.82) is 0 Å². The highest BCUT2D eigenvalue weighted by Crippen LogP contribution is 2.38. The smallest absolute Gasteiger partial charge is 0.109 e. The Morgan fingerprint density at radius 3 is 3.00 bits per heavy atom. The minimum Gasteiger partial charge on any atom is -0.383 e. The van der Waals surface area contributed by atoms with Crippen molar-refractivity contribution in [2.75, 3.05) is 0 Å². The van der Waals surface area contributed by atoms with E-state index in [1.165, 1.54) is 21.4 Å². The van der Waals surface area contributed by atoms with Gasteiger partial charge in [0, 0.05) is 14.3 Å². The van der Waals surface area contributed by atoms with Crippen LogP contribution >= 0.6 is 22.7 Å². The fraction of sp³-hybridized carbons (Fsp3) is 0.333. The van der Waals surface area contributed by atoms with Crippen LogP contribution in [0.5, 0.6) is 0 Å². The average molecular weight is 236 g/mol. The molecule has 0 amide bonds. The molecule has 1 unspecified atom stereocenters. The zero-order chi connectivity index (χ0) is 10.3. The van der Waals surface area contributed by atoms with Gasteiger partial charge in [-0.15, -0.1) is 22.7 Å². The Morgan fingerprint density at radius 1 is 1.33 bits per heavy atom. The molecule has 1 nitrogen and oxygen atoms in total. The van der Waals surface area contributed by atoms with Crippen LogP contribution in [0, 0.1) is 0 Å². The maximum absolute atomic E-state index is 10.2. The maximum atomic E-state index is 10.2. The second-order valence-corrected chi connectivity index (χ2v) is 5.93. The van der Waals surface area contributed by atoms with Crippen LogP contribution in [0.4, 0.5) is 0 Å². The molecule has 2 aromatic rings. The van der Waals surface area contributed by atoms with Crippen molar-refractivity contribution < 1.29 is 5.11 Å². The Bertz CT molecular complexity index is 478. The third kappa shape index (κ3) is 1.65. The first-order valence-electron chi connectivity index (χ1n) is 5.18. The number of aliphatic hydroxyl groups excluding tert-OH is 1. The molecule has 0 aromatic carbocycles. The van der Waals surface area contributed by atoms with Gasteiger partial charge in [-0.25, -0.2) is 0 Å². The Kier molecular flexibility index (Phi) is 2.39. The summed E-state index contributed by atoms with van der Waals surface area (Å²) in [6.07, 6.45) is 5.24. The van der Waals surface area contributed by atoms with Crippen molar-refractivity contribution in [2.24, 2.45) is 0 Å². The Labute approximate surface area is 96.7 Å². The Morgan fingerprint density at radius 2 is 2.27 bits per heavy atom. The molecule has 1 atom stereocenters. The monoisotopic (exact) mass is 236 g/mol. The molecule has 15 heavy (non-hydrogen) atoms. The minimum atomic E-state index is -0.350. The maximum Gasteiger partial charge on any atom is 0.109 e. The van der Waals surface area contributed by atoms with Gasteiger partial charge in [0.2, 0.25) is 0 Å². The van der Waals surface area contributed by atoms with Gasteiger partial charge < -0.3 is 5.11 Å². The SMILES string of the molecule is OC(C1=CCCC1)c1cc2sccc2s1. The van der Waals surface area contributed by atoms with E-state index in [4.69, 9.17) is 0 Å². The van der Waals surface area contributed by atoms with E-state index >= 15 is 0 Å². The lowest BCUT2D eigenvalue weighted by Gasteiger charge is -2.08. The highest BCUT2D eigenvalue weighted by Gasteiger charge is 2.18. The molecular weight excluding hydrogens is 224 g/mol. The van der Waals surface area contributed by atoms with Gasteiger partial charge in [-0.1, -0.05) is 6.08 Å². The van der Waals surface area contributed by atoms with Crippen LogP contribution in [0.3, 0.4) is 0 Å². The van der Waals surface area contributed by atoms with Crippen LogP contribution < -0.4 is 0 Å². The number of thiophene rings is 2. The normalized spacial score (nSPS) is 18.3. The molecule has 1 aliphatic rings. The summed E-state index contributed by atoms with van der Waals surface area (Å²) in [5.74, 6) is 0. The zero-order valence-corrected chi connectivity index (χ0v) is 9.90. The van der Waals surface area contributed by atoms with E-state index in [2.05, 4.69) is 23.6 Å². The lowest BCUT2D eigenvalue weighted by molar-refractivity contribution is 0.216. The van der Waals surface area contributed by atoms with Crippen molar-refractivity contribution in [3.8, 4) is 0 Å². The molecule has 1 N–H and O–H groups in total. The second kappa shape index (κ2) is 3.74. The van der Waals surface area contributed by atoms with E-state index in [9.17, 15) is 5.11 Å². The number of fused-ring (bicyclic) bond motifs is 1. The molecule has 0 spiro atoms. The average Bonchev–Trinajstić information content (AvgIpc) is 2.92. The standard InChI is InChI=1S/C12H12OS2/c13-12(8-3-1-2-4-8)11-7-10-9(15-11)5-6-14-10/h3,5-7,12-13H,1-2,4H2. The third-order valence-corrected chi connectivity index (χ3v) is 5.00. The number of aliphatic hydroxyl groups is 1. The van der Waals surface area contributed by atoms with E-state index < -0.39 is 0 Å². The summed E-state index contributed by atoms with van der Waals surface area (Å²) in [5.41, 5.74) is 1.21. The molecule has 1 aliphatic carbocycles. The fourth-order valence-corrected chi connectivity index (χ4v) is 4.20. The summed E-state index contributed by atoms with van der Waals surface area (Å²) in [6, 6.07) is 4.26. The highest BCUT2D eigenvalue weighted by molar-refractivity contribution is 7.26. The molecule has 0 fully saturated rings. The molecule has 78 valence electrons. The predicted molar refractivity (Wildman–Crippen MR) is 66.6 cm³/mol. The van der Waals surface area contributed by atoms with Crippen molar-refractivity contribution in [2.45, 2.75) is 25.4 Å². The number of allylic oxidation sites excluding steroid dienone is 1. The van der Waals surface area contributed by atoms with E-state index in [1.807, 2.05) is 0 Å². The molecule has 0 radical (unpaired) electrons. The van der Waals surface area contributed by atoms with Crippen LogP contribution in [-0.4, -0.2) is 5.11 Å². The summed E-state index contributed by atoms with van der Waals surface area (Å²) in [6.45, 7) is 0. The summed E-state index contributed by atoms with van der Waals surface area (Å²) >= 11 is 3.47.